The first-order chi connectivity index (χ1) is 18.8. The number of nitrogens with one attached hydrogen (secondary N) is 3. The van der Waals surface area contributed by atoms with Gasteiger partial charge in [-0.1, -0.05) is 18.2 Å². The van der Waals surface area contributed by atoms with Gasteiger partial charge < -0.3 is 25.4 Å². The summed E-state index contributed by atoms with van der Waals surface area (Å²) in [6.45, 7) is 1.36. The lowest BCUT2D eigenvalue weighted by molar-refractivity contribution is -0.118. The third-order valence-corrected chi connectivity index (χ3v) is 5.70. The first-order valence-electron chi connectivity index (χ1n) is 11.8. The van der Waals surface area contributed by atoms with Gasteiger partial charge in [-0.25, -0.2) is 18.3 Å². The van der Waals surface area contributed by atoms with Crippen molar-refractivity contribution in [2.45, 2.75) is 26.4 Å². The highest BCUT2D eigenvalue weighted by Crippen LogP contribution is 2.28. The molecular formula is C26H22F2N6O5. The summed E-state index contributed by atoms with van der Waals surface area (Å²) in [7, 11) is 0. The number of alkyl halides is 1. The Hall–Kier alpha value is -5.07. The maximum absolute atomic E-state index is 14.4. The van der Waals surface area contributed by atoms with E-state index in [9.17, 15) is 23.2 Å². The van der Waals surface area contributed by atoms with E-state index in [2.05, 4.69) is 26.0 Å². The smallest absolute Gasteiger partial charge is 0.270 e. The number of benzene rings is 2. The Morgan fingerprint density at radius 3 is 2.59 bits per heavy atom. The fraction of sp³-hybridized carbons (Fsp3) is 0.192. The lowest BCUT2D eigenvalue weighted by Gasteiger charge is -2.18. The van der Waals surface area contributed by atoms with Gasteiger partial charge in [-0.15, -0.1) is 0 Å². The second-order valence-corrected chi connectivity index (χ2v) is 8.59. The molecule has 5 rings (SSSR count). The van der Waals surface area contributed by atoms with Crippen molar-refractivity contribution in [3.8, 4) is 11.5 Å². The molecule has 13 heteroatoms. The summed E-state index contributed by atoms with van der Waals surface area (Å²) in [5.74, 6) is -1.51. The van der Waals surface area contributed by atoms with Gasteiger partial charge in [0.05, 0.1) is 11.9 Å². The maximum Gasteiger partial charge on any atom is 0.270 e. The molecule has 39 heavy (non-hydrogen) atoms. The Balaban J connectivity index is 1.30. The summed E-state index contributed by atoms with van der Waals surface area (Å²) in [6.07, 6.45) is -0.560. The van der Waals surface area contributed by atoms with Crippen molar-refractivity contribution >= 4 is 29.1 Å². The van der Waals surface area contributed by atoms with Crippen LogP contribution in [0.4, 0.5) is 14.5 Å². The van der Waals surface area contributed by atoms with Crippen LogP contribution in [0.25, 0.3) is 5.65 Å². The molecule has 1 aliphatic heterocycles. The number of rotatable bonds is 8. The molecular weight excluding hydrogens is 514 g/mol. The van der Waals surface area contributed by atoms with Crippen LogP contribution in [0.15, 0.2) is 54.7 Å². The van der Waals surface area contributed by atoms with E-state index < -0.39 is 24.0 Å². The molecule has 1 aliphatic rings. The van der Waals surface area contributed by atoms with Crippen LogP contribution < -0.4 is 25.4 Å². The Kier molecular flexibility index (Phi) is 7.04. The number of hydrogen-bond acceptors (Lipinski definition) is 7. The molecule has 3 amide bonds. The van der Waals surface area contributed by atoms with Gasteiger partial charge in [0.2, 0.25) is 6.36 Å². The van der Waals surface area contributed by atoms with Crippen LogP contribution in [0.5, 0.6) is 11.5 Å². The SMILES string of the molecule is CC(F)Oc1ccc(CNC(=O)c2cc(C(=O)NCc3ccc4c(c3)NC(=O)CO4)nc3c(F)cnn23)cc1. The molecule has 0 bridgehead atoms. The number of carbonyl (C=O) groups excluding carboxylic acids is 3. The van der Waals surface area contributed by atoms with Crippen LogP contribution in [0.2, 0.25) is 0 Å². The summed E-state index contributed by atoms with van der Waals surface area (Å²) in [4.78, 5) is 41.5. The van der Waals surface area contributed by atoms with E-state index in [-0.39, 0.29) is 42.6 Å². The van der Waals surface area contributed by atoms with Crippen LogP contribution in [-0.4, -0.2) is 45.3 Å². The minimum absolute atomic E-state index is 0.0685. The molecule has 2 aromatic heterocycles. The Morgan fingerprint density at radius 2 is 1.82 bits per heavy atom. The minimum Gasteiger partial charge on any atom is -0.482 e. The second kappa shape index (κ2) is 10.7. The van der Waals surface area contributed by atoms with Crippen LogP contribution in [-0.2, 0) is 17.9 Å². The molecule has 0 saturated heterocycles. The Labute approximate surface area is 220 Å². The normalized spacial score (nSPS) is 13.2. The summed E-state index contributed by atoms with van der Waals surface area (Å²) in [5, 5.41) is 11.9. The van der Waals surface area contributed by atoms with E-state index in [1.54, 1.807) is 42.5 Å². The van der Waals surface area contributed by atoms with E-state index in [0.717, 1.165) is 10.7 Å². The largest absolute Gasteiger partial charge is 0.482 e. The van der Waals surface area contributed by atoms with Crippen molar-refractivity contribution in [3.05, 3.63) is 83.1 Å². The topological polar surface area (TPSA) is 136 Å². The van der Waals surface area contributed by atoms with E-state index in [1.807, 2.05) is 0 Å². The molecule has 1 atom stereocenters. The highest BCUT2D eigenvalue weighted by molar-refractivity contribution is 5.98. The predicted molar refractivity (Wildman–Crippen MR) is 133 cm³/mol. The van der Waals surface area contributed by atoms with Crippen molar-refractivity contribution < 1.29 is 32.6 Å². The summed E-state index contributed by atoms with van der Waals surface area (Å²) in [6, 6.07) is 12.7. The van der Waals surface area contributed by atoms with Crippen LogP contribution in [0, 0.1) is 5.82 Å². The number of fused-ring (bicyclic) bond motifs is 2. The van der Waals surface area contributed by atoms with Crippen LogP contribution in [0.3, 0.4) is 0 Å². The molecule has 4 aromatic rings. The summed E-state index contributed by atoms with van der Waals surface area (Å²) < 4.78 is 38.6. The van der Waals surface area contributed by atoms with Gasteiger partial charge in [-0.3, -0.25) is 14.4 Å². The van der Waals surface area contributed by atoms with E-state index in [4.69, 9.17) is 9.47 Å². The molecule has 0 aliphatic carbocycles. The lowest BCUT2D eigenvalue weighted by Crippen LogP contribution is -2.29. The zero-order valence-corrected chi connectivity index (χ0v) is 20.5. The van der Waals surface area contributed by atoms with Gasteiger partial charge in [-0.2, -0.15) is 5.10 Å². The molecule has 0 saturated carbocycles. The molecule has 0 spiro atoms. The second-order valence-electron chi connectivity index (χ2n) is 8.59. The summed E-state index contributed by atoms with van der Waals surface area (Å²) in [5.41, 5.74) is 1.27. The van der Waals surface area contributed by atoms with Crippen molar-refractivity contribution in [2.24, 2.45) is 0 Å². The van der Waals surface area contributed by atoms with E-state index >= 15 is 0 Å². The fourth-order valence-corrected chi connectivity index (χ4v) is 3.87. The Bertz CT molecular complexity index is 1570. The average molecular weight is 536 g/mol. The van der Waals surface area contributed by atoms with Crippen molar-refractivity contribution in [1.82, 2.24) is 25.2 Å². The van der Waals surface area contributed by atoms with Gasteiger partial charge in [0, 0.05) is 26.1 Å². The quantitative estimate of drug-likeness (QED) is 0.315. The minimum atomic E-state index is -1.46. The molecule has 1 unspecified atom stereocenters. The zero-order valence-electron chi connectivity index (χ0n) is 20.5. The number of carbonyl (C=O) groups is 3. The number of nitrogens with zero attached hydrogens (tertiary/aromatic N) is 3. The highest BCUT2D eigenvalue weighted by Gasteiger charge is 2.21. The molecule has 3 heterocycles. The number of anilines is 1. The van der Waals surface area contributed by atoms with Gasteiger partial charge in [0.1, 0.15) is 22.9 Å². The van der Waals surface area contributed by atoms with Crippen molar-refractivity contribution in [1.29, 1.82) is 0 Å². The number of hydrogen-bond donors (Lipinski definition) is 3. The van der Waals surface area contributed by atoms with Gasteiger partial charge in [0.25, 0.3) is 17.7 Å². The van der Waals surface area contributed by atoms with Crippen molar-refractivity contribution in [3.63, 3.8) is 0 Å². The van der Waals surface area contributed by atoms with Crippen LogP contribution in [0.1, 0.15) is 39.0 Å². The molecule has 0 fully saturated rings. The molecule has 11 nitrogen and oxygen atoms in total. The summed E-state index contributed by atoms with van der Waals surface area (Å²) >= 11 is 0. The highest BCUT2D eigenvalue weighted by atomic mass is 19.1. The maximum atomic E-state index is 14.4. The standard InChI is InChI=1S/C26H22F2N6O5/c1-14(27)39-17-5-2-15(3-6-17)10-30-26(37)21-9-20(33-24-18(28)12-31-34(21)24)25(36)29-11-16-4-7-22-19(8-16)32-23(35)13-38-22/h2-9,12,14H,10-11,13H2,1H3,(H,29,36)(H,30,37)(H,32,35). The first-order valence-corrected chi connectivity index (χ1v) is 11.8. The fourth-order valence-electron chi connectivity index (χ4n) is 3.87. The third-order valence-electron chi connectivity index (χ3n) is 5.70. The van der Waals surface area contributed by atoms with Crippen molar-refractivity contribution in [2.75, 3.05) is 11.9 Å². The molecule has 0 radical (unpaired) electrons. The average Bonchev–Trinajstić information content (AvgIpc) is 3.30. The first kappa shape index (κ1) is 25.6. The zero-order chi connectivity index (χ0) is 27.5. The Morgan fingerprint density at radius 1 is 1.10 bits per heavy atom. The number of amides is 3. The lowest BCUT2D eigenvalue weighted by atomic mass is 10.1. The van der Waals surface area contributed by atoms with E-state index in [1.165, 1.54) is 13.0 Å². The molecule has 3 N–H and O–H groups in total. The molecule has 2 aromatic carbocycles. The number of halogens is 2. The number of aromatic nitrogens is 3. The predicted octanol–water partition coefficient (Wildman–Crippen LogP) is 2.75. The van der Waals surface area contributed by atoms with Gasteiger partial charge >= 0.3 is 0 Å². The van der Waals surface area contributed by atoms with Gasteiger partial charge in [0.15, 0.2) is 18.1 Å². The van der Waals surface area contributed by atoms with Gasteiger partial charge in [-0.05, 0) is 35.4 Å². The molecule has 200 valence electrons. The van der Waals surface area contributed by atoms with E-state index in [0.29, 0.717) is 28.3 Å². The third kappa shape index (κ3) is 5.76. The van der Waals surface area contributed by atoms with Crippen LogP contribution >= 0.6 is 0 Å². The monoisotopic (exact) mass is 536 g/mol. The number of ether oxygens (including phenoxy) is 2.